The normalized spacial score (nSPS) is 20.8. The summed E-state index contributed by atoms with van der Waals surface area (Å²) in [5, 5.41) is 0. The first kappa shape index (κ1) is 12.4. The molecule has 1 aliphatic rings. The molecule has 1 saturated heterocycles. The zero-order valence-corrected chi connectivity index (χ0v) is 11.2. The van der Waals surface area contributed by atoms with Gasteiger partial charge in [-0.1, -0.05) is 6.92 Å². The van der Waals surface area contributed by atoms with E-state index < -0.39 is 0 Å². The molecule has 0 aliphatic carbocycles. The maximum atomic E-state index is 10.8. The molecule has 0 saturated carbocycles. The van der Waals surface area contributed by atoms with E-state index in [4.69, 9.17) is 0 Å². The quantitative estimate of drug-likeness (QED) is 0.792. The van der Waals surface area contributed by atoms with Gasteiger partial charge in [-0.15, -0.1) is 0 Å². The third-order valence-corrected chi connectivity index (χ3v) is 4.04. The molecule has 4 nitrogen and oxygen atoms in total. The number of fused-ring (bicyclic) bond motifs is 1. The summed E-state index contributed by atoms with van der Waals surface area (Å²) in [6, 6.07) is 3.75. The van der Waals surface area contributed by atoms with Crippen molar-refractivity contribution < 1.29 is 4.79 Å². The minimum absolute atomic E-state index is 0.498. The van der Waals surface area contributed by atoms with E-state index in [1.54, 1.807) is 0 Å². The standard InChI is InChI=1S/C15H19N3O/c1-2-17-6-3-4-13(10-17)15-16-9-14-8-12(11-19)5-7-18(14)15/h5,7-9,11,13H,2-4,6,10H2,1H3. The lowest BCUT2D eigenvalue weighted by atomic mass is 9.97. The molecule has 0 spiro atoms. The van der Waals surface area contributed by atoms with Gasteiger partial charge >= 0.3 is 0 Å². The highest BCUT2D eigenvalue weighted by Gasteiger charge is 2.23. The average molecular weight is 257 g/mol. The molecule has 0 aromatic carbocycles. The first-order chi connectivity index (χ1) is 9.31. The van der Waals surface area contributed by atoms with Gasteiger partial charge in [-0.2, -0.15) is 0 Å². The van der Waals surface area contributed by atoms with Crippen molar-refractivity contribution in [3.63, 3.8) is 0 Å². The predicted molar refractivity (Wildman–Crippen MR) is 74.7 cm³/mol. The van der Waals surface area contributed by atoms with E-state index in [0.29, 0.717) is 11.5 Å². The highest BCUT2D eigenvalue weighted by molar-refractivity contribution is 5.77. The number of piperidine rings is 1. The highest BCUT2D eigenvalue weighted by atomic mass is 16.1. The van der Waals surface area contributed by atoms with Crippen LogP contribution in [0, 0.1) is 0 Å². The van der Waals surface area contributed by atoms with Crippen LogP contribution in [0.4, 0.5) is 0 Å². The van der Waals surface area contributed by atoms with E-state index in [0.717, 1.165) is 30.7 Å². The van der Waals surface area contributed by atoms with Gasteiger partial charge in [0.15, 0.2) is 0 Å². The number of nitrogens with zero attached hydrogens (tertiary/aromatic N) is 3. The van der Waals surface area contributed by atoms with Crippen LogP contribution >= 0.6 is 0 Å². The van der Waals surface area contributed by atoms with E-state index in [1.807, 2.05) is 24.5 Å². The van der Waals surface area contributed by atoms with Crippen LogP contribution < -0.4 is 0 Å². The summed E-state index contributed by atoms with van der Waals surface area (Å²) in [6.45, 7) is 5.61. The Morgan fingerprint density at radius 2 is 2.42 bits per heavy atom. The third-order valence-electron chi connectivity index (χ3n) is 4.04. The van der Waals surface area contributed by atoms with E-state index in [2.05, 4.69) is 21.2 Å². The van der Waals surface area contributed by atoms with Gasteiger partial charge in [0.05, 0.1) is 11.7 Å². The van der Waals surface area contributed by atoms with Crippen molar-refractivity contribution in [2.75, 3.05) is 19.6 Å². The maximum absolute atomic E-state index is 10.8. The van der Waals surface area contributed by atoms with Crippen LogP contribution in [0.2, 0.25) is 0 Å². The second-order valence-corrected chi connectivity index (χ2v) is 5.22. The Balaban J connectivity index is 1.94. The van der Waals surface area contributed by atoms with Crippen LogP contribution in [0.15, 0.2) is 24.5 Å². The SMILES string of the molecule is CCN1CCCC(c2ncc3cc(C=O)ccn23)C1. The molecule has 2 aromatic rings. The van der Waals surface area contributed by atoms with Gasteiger partial charge in [0.25, 0.3) is 0 Å². The number of aromatic nitrogens is 2. The number of carbonyl (C=O) groups is 1. The van der Waals surface area contributed by atoms with Gasteiger partial charge in [0, 0.05) is 24.2 Å². The Morgan fingerprint density at radius 3 is 3.21 bits per heavy atom. The van der Waals surface area contributed by atoms with Crippen molar-refractivity contribution in [2.24, 2.45) is 0 Å². The van der Waals surface area contributed by atoms with Crippen LogP contribution in [0.3, 0.4) is 0 Å². The Hall–Kier alpha value is -1.68. The smallest absolute Gasteiger partial charge is 0.150 e. The van der Waals surface area contributed by atoms with E-state index in [-0.39, 0.29) is 0 Å². The molecule has 2 aromatic heterocycles. The van der Waals surface area contributed by atoms with Crippen LogP contribution in [0.5, 0.6) is 0 Å². The van der Waals surface area contributed by atoms with Crippen LogP contribution in [-0.2, 0) is 0 Å². The van der Waals surface area contributed by atoms with Gasteiger partial charge in [0.1, 0.15) is 12.1 Å². The van der Waals surface area contributed by atoms with Gasteiger partial charge in [-0.05, 0) is 38.1 Å². The summed E-state index contributed by atoms with van der Waals surface area (Å²) in [5.41, 5.74) is 1.71. The zero-order chi connectivity index (χ0) is 13.2. The first-order valence-corrected chi connectivity index (χ1v) is 6.96. The topological polar surface area (TPSA) is 37.6 Å². The minimum Gasteiger partial charge on any atom is -0.303 e. The van der Waals surface area contributed by atoms with Crippen molar-refractivity contribution in [1.29, 1.82) is 0 Å². The van der Waals surface area contributed by atoms with Crippen molar-refractivity contribution in [3.05, 3.63) is 35.9 Å². The number of hydrogen-bond donors (Lipinski definition) is 0. The second kappa shape index (κ2) is 5.13. The highest BCUT2D eigenvalue weighted by Crippen LogP contribution is 2.26. The monoisotopic (exact) mass is 257 g/mol. The largest absolute Gasteiger partial charge is 0.303 e. The second-order valence-electron chi connectivity index (χ2n) is 5.22. The molecule has 100 valence electrons. The van der Waals surface area contributed by atoms with Crippen LogP contribution in [0.25, 0.3) is 5.52 Å². The van der Waals surface area contributed by atoms with Crippen LogP contribution in [0.1, 0.15) is 41.9 Å². The number of pyridine rings is 1. The van der Waals surface area contributed by atoms with Gasteiger partial charge in [0.2, 0.25) is 0 Å². The predicted octanol–water partition coefficient (Wildman–Crippen LogP) is 2.35. The molecule has 3 heterocycles. The van der Waals surface area contributed by atoms with E-state index in [1.165, 1.54) is 19.4 Å². The summed E-state index contributed by atoms with van der Waals surface area (Å²) in [4.78, 5) is 17.9. The molecular formula is C15H19N3O. The Labute approximate surface area is 113 Å². The zero-order valence-electron chi connectivity index (χ0n) is 11.2. The summed E-state index contributed by atoms with van der Waals surface area (Å²) < 4.78 is 2.12. The van der Waals surface area contributed by atoms with Crippen molar-refractivity contribution >= 4 is 11.8 Å². The van der Waals surface area contributed by atoms with E-state index >= 15 is 0 Å². The van der Waals surface area contributed by atoms with Crippen molar-refractivity contribution in [1.82, 2.24) is 14.3 Å². The fraction of sp³-hybridized carbons (Fsp3) is 0.467. The number of likely N-dealkylation sites (N-methyl/N-ethyl adjacent to an activating group) is 1. The van der Waals surface area contributed by atoms with Gasteiger partial charge in [-0.3, -0.25) is 4.79 Å². The number of hydrogen-bond acceptors (Lipinski definition) is 3. The lowest BCUT2D eigenvalue weighted by molar-refractivity contribution is 0.112. The fourth-order valence-electron chi connectivity index (χ4n) is 2.97. The molecule has 1 atom stereocenters. The number of imidazole rings is 1. The Morgan fingerprint density at radius 1 is 1.53 bits per heavy atom. The van der Waals surface area contributed by atoms with Gasteiger partial charge in [-0.25, -0.2) is 4.98 Å². The molecular weight excluding hydrogens is 238 g/mol. The molecule has 1 aliphatic heterocycles. The molecule has 0 N–H and O–H groups in total. The van der Waals surface area contributed by atoms with Crippen molar-refractivity contribution in [2.45, 2.75) is 25.7 Å². The number of aldehydes is 1. The molecule has 1 unspecified atom stereocenters. The lowest BCUT2D eigenvalue weighted by Gasteiger charge is -2.31. The van der Waals surface area contributed by atoms with Crippen LogP contribution in [-0.4, -0.2) is 40.2 Å². The third kappa shape index (κ3) is 2.28. The molecule has 3 rings (SSSR count). The molecule has 0 radical (unpaired) electrons. The van der Waals surface area contributed by atoms with Crippen molar-refractivity contribution in [3.8, 4) is 0 Å². The number of rotatable bonds is 3. The number of likely N-dealkylation sites (tertiary alicyclic amines) is 1. The average Bonchev–Trinajstić information content (AvgIpc) is 2.90. The lowest BCUT2D eigenvalue weighted by Crippen LogP contribution is -2.34. The summed E-state index contributed by atoms with van der Waals surface area (Å²) in [6.07, 6.45) is 7.15. The number of carbonyl (C=O) groups excluding carboxylic acids is 1. The molecule has 0 amide bonds. The summed E-state index contributed by atoms with van der Waals surface area (Å²) >= 11 is 0. The van der Waals surface area contributed by atoms with Gasteiger partial charge < -0.3 is 9.30 Å². The molecule has 4 heteroatoms. The van der Waals surface area contributed by atoms with E-state index in [9.17, 15) is 4.79 Å². The molecule has 1 fully saturated rings. The molecule has 0 bridgehead atoms. The first-order valence-electron chi connectivity index (χ1n) is 6.96. The fourth-order valence-corrected chi connectivity index (χ4v) is 2.97. The summed E-state index contributed by atoms with van der Waals surface area (Å²) in [5.74, 6) is 1.63. The summed E-state index contributed by atoms with van der Waals surface area (Å²) in [7, 11) is 0. The maximum Gasteiger partial charge on any atom is 0.150 e. The molecule has 19 heavy (non-hydrogen) atoms. The minimum atomic E-state index is 0.498. The Kier molecular flexibility index (Phi) is 3.34. The Bertz CT molecular complexity index is 590.